The predicted molar refractivity (Wildman–Crippen MR) is 122 cm³/mol. The van der Waals surface area contributed by atoms with Crippen molar-refractivity contribution in [2.75, 3.05) is 12.3 Å². The number of unbranched alkanes of at least 4 members (excludes halogenated alkanes) is 13. The Labute approximate surface area is 178 Å². The largest absolute Gasteiger partial charge is 0.348 e. The summed E-state index contributed by atoms with van der Waals surface area (Å²) < 4.78 is 26.7. The third kappa shape index (κ3) is 13.6. The van der Waals surface area contributed by atoms with Crippen LogP contribution in [0.25, 0.3) is 0 Å². The molecule has 164 valence electrons. The Bertz CT molecular complexity index is 562. The highest BCUT2D eigenvalue weighted by Gasteiger charge is 2.14. The number of aromatic amines is 1. The van der Waals surface area contributed by atoms with Crippen LogP contribution in [0, 0.1) is 0 Å². The van der Waals surface area contributed by atoms with Crippen LogP contribution in [0.5, 0.6) is 0 Å². The number of H-pyrrole nitrogens is 1. The van der Waals surface area contributed by atoms with Crippen molar-refractivity contribution >= 4 is 22.7 Å². The molecule has 2 N–H and O–H groups in total. The summed E-state index contributed by atoms with van der Waals surface area (Å²) >= 11 is 4.37. The first-order valence-corrected chi connectivity index (χ1v) is 13.4. The van der Waals surface area contributed by atoms with Crippen molar-refractivity contribution in [1.29, 1.82) is 0 Å². The minimum Gasteiger partial charge on any atom is -0.348 e. The van der Waals surface area contributed by atoms with Gasteiger partial charge < -0.3 is 4.98 Å². The van der Waals surface area contributed by atoms with Crippen molar-refractivity contribution < 1.29 is 8.42 Å². The van der Waals surface area contributed by atoms with E-state index in [9.17, 15) is 8.42 Å². The number of sulfonamides is 1. The van der Waals surface area contributed by atoms with Crippen LogP contribution in [0.15, 0.2) is 12.4 Å². The van der Waals surface area contributed by atoms with Gasteiger partial charge in [-0.2, -0.15) is 12.6 Å². The summed E-state index contributed by atoms with van der Waals surface area (Å²) in [6, 6.07) is 0. The minimum absolute atomic E-state index is 0.198. The second-order valence-electron chi connectivity index (χ2n) is 7.75. The minimum atomic E-state index is -3.22. The van der Waals surface area contributed by atoms with E-state index in [0.29, 0.717) is 5.82 Å². The highest BCUT2D eigenvalue weighted by Crippen LogP contribution is 2.15. The second kappa shape index (κ2) is 16.3. The molecule has 1 unspecified atom stereocenters. The highest BCUT2D eigenvalue weighted by molar-refractivity contribution is 7.89. The van der Waals surface area contributed by atoms with Gasteiger partial charge in [-0.1, -0.05) is 90.4 Å². The van der Waals surface area contributed by atoms with Gasteiger partial charge in [-0.3, -0.25) is 0 Å². The average molecular weight is 432 g/mol. The van der Waals surface area contributed by atoms with Gasteiger partial charge in [0.25, 0.3) is 0 Å². The number of nitrogens with one attached hydrogen (secondary N) is 2. The summed E-state index contributed by atoms with van der Waals surface area (Å²) in [4.78, 5) is 7.04. The van der Waals surface area contributed by atoms with Crippen LogP contribution in [0.4, 0.5) is 0 Å². The molecule has 0 radical (unpaired) electrons. The molecule has 1 heterocycles. The molecule has 28 heavy (non-hydrogen) atoms. The molecule has 0 fully saturated rings. The molecule has 1 aromatic rings. The van der Waals surface area contributed by atoms with E-state index in [4.69, 9.17) is 0 Å². The summed E-state index contributed by atoms with van der Waals surface area (Å²) in [5.74, 6) is 0.881. The maximum absolute atomic E-state index is 12.0. The predicted octanol–water partition coefficient (Wildman–Crippen LogP) is 5.78. The fraction of sp³-hybridized carbons (Fsp3) is 0.857. The standard InChI is InChI=1S/C21H41N3O2S2/c1-2-3-4-5-6-7-8-9-10-11-12-13-14-15-18-28(25,26)24-19-20(27)21-22-16-17-23-21/h16-17,20,24,27H,2-15,18-19H2,1H3,(H,22,23). The first kappa shape index (κ1) is 25.5. The van der Waals surface area contributed by atoms with Gasteiger partial charge in [0.15, 0.2) is 0 Å². The van der Waals surface area contributed by atoms with Gasteiger partial charge in [-0.25, -0.2) is 18.1 Å². The van der Waals surface area contributed by atoms with Crippen molar-refractivity contribution in [3.05, 3.63) is 18.2 Å². The summed E-state index contributed by atoms with van der Waals surface area (Å²) in [7, 11) is -3.22. The molecule has 1 aromatic heterocycles. The number of nitrogens with zero attached hydrogens (tertiary/aromatic N) is 1. The normalized spacial score (nSPS) is 13.1. The Morgan fingerprint density at radius 3 is 1.89 bits per heavy atom. The zero-order valence-electron chi connectivity index (χ0n) is 17.7. The third-order valence-electron chi connectivity index (χ3n) is 5.10. The Morgan fingerprint density at radius 1 is 0.929 bits per heavy atom. The van der Waals surface area contributed by atoms with Crippen molar-refractivity contribution in [3.8, 4) is 0 Å². The van der Waals surface area contributed by atoms with E-state index in [0.717, 1.165) is 19.3 Å². The molecule has 7 heteroatoms. The molecule has 0 amide bonds. The first-order chi connectivity index (χ1) is 13.5. The van der Waals surface area contributed by atoms with Crippen molar-refractivity contribution in [2.45, 2.75) is 102 Å². The average Bonchev–Trinajstić information content (AvgIpc) is 3.21. The van der Waals surface area contributed by atoms with E-state index in [2.05, 4.69) is 34.2 Å². The molecule has 0 bridgehead atoms. The Kier molecular flexibility index (Phi) is 14.8. The summed E-state index contributed by atoms with van der Waals surface area (Å²) in [5, 5.41) is -0.249. The molecule has 0 saturated heterocycles. The van der Waals surface area contributed by atoms with Gasteiger partial charge in [-0.05, 0) is 6.42 Å². The number of hydrogen-bond acceptors (Lipinski definition) is 4. The van der Waals surface area contributed by atoms with Gasteiger partial charge in [0, 0.05) is 18.9 Å². The topological polar surface area (TPSA) is 74.8 Å². The number of aromatic nitrogens is 2. The zero-order chi connectivity index (χ0) is 20.5. The van der Waals surface area contributed by atoms with E-state index >= 15 is 0 Å². The number of rotatable bonds is 19. The molecular formula is C21H41N3O2S2. The lowest BCUT2D eigenvalue weighted by Gasteiger charge is -2.10. The van der Waals surface area contributed by atoms with Crippen LogP contribution in [0.3, 0.4) is 0 Å². The lowest BCUT2D eigenvalue weighted by Crippen LogP contribution is -2.29. The summed E-state index contributed by atoms with van der Waals surface area (Å²) in [6.07, 6.45) is 21.1. The fourth-order valence-corrected chi connectivity index (χ4v) is 4.83. The van der Waals surface area contributed by atoms with E-state index < -0.39 is 10.0 Å². The fourth-order valence-electron chi connectivity index (χ4n) is 3.32. The van der Waals surface area contributed by atoms with Crippen LogP contribution < -0.4 is 4.72 Å². The molecule has 0 spiro atoms. The molecule has 0 aliphatic rings. The van der Waals surface area contributed by atoms with Gasteiger partial charge in [0.05, 0.1) is 11.0 Å². The van der Waals surface area contributed by atoms with Crippen molar-refractivity contribution in [2.24, 2.45) is 0 Å². The number of thiol groups is 1. The van der Waals surface area contributed by atoms with Gasteiger partial charge in [0.1, 0.15) is 5.82 Å². The van der Waals surface area contributed by atoms with Crippen molar-refractivity contribution in [1.82, 2.24) is 14.7 Å². The van der Waals surface area contributed by atoms with E-state index in [1.165, 1.54) is 70.6 Å². The van der Waals surface area contributed by atoms with Crippen LogP contribution in [0.2, 0.25) is 0 Å². The van der Waals surface area contributed by atoms with Gasteiger partial charge >= 0.3 is 0 Å². The smallest absolute Gasteiger partial charge is 0.211 e. The first-order valence-electron chi connectivity index (χ1n) is 11.2. The number of hydrogen-bond donors (Lipinski definition) is 3. The van der Waals surface area contributed by atoms with E-state index in [-0.39, 0.29) is 17.5 Å². The van der Waals surface area contributed by atoms with Gasteiger partial charge in [0.2, 0.25) is 10.0 Å². The monoisotopic (exact) mass is 431 g/mol. The summed E-state index contributed by atoms with van der Waals surface area (Å²) in [6.45, 7) is 2.52. The van der Waals surface area contributed by atoms with E-state index in [1.54, 1.807) is 12.4 Å². The third-order valence-corrected chi connectivity index (χ3v) is 6.96. The Morgan fingerprint density at radius 2 is 1.43 bits per heavy atom. The quantitative estimate of drug-likeness (QED) is 0.192. The van der Waals surface area contributed by atoms with Crippen LogP contribution >= 0.6 is 12.6 Å². The van der Waals surface area contributed by atoms with Crippen LogP contribution in [-0.4, -0.2) is 30.7 Å². The molecule has 0 aromatic carbocycles. The molecule has 1 rings (SSSR count). The van der Waals surface area contributed by atoms with Crippen LogP contribution in [-0.2, 0) is 10.0 Å². The lowest BCUT2D eigenvalue weighted by molar-refractivity contribution is 0.536. The molecule has 0 aliphatic carbocycles. The number of imidazole rings is 1. The van der Waals surface area contributed by atoms with Crippen LogP contribution in [0.1, 0.15) is 108 Å². The van der Waals surface area contributed by atoms with E-state index in [1.807, 2.05) is 0 Å². The second-order valence-corrected chi connectivity index (χ2v) is 10.3. The Hall–Kier alpha value is -0.530. The van der Waals surface area contributed by atoms with Gasteiger partial charge in [-0.15, -0.1) is 0 Å². The zero-order valence-corrected chi connectivity index (χ0v) is 19.4. The molecule has 1 atom stereocenters. The maximum atomic E-state index is 12.0. The molecule has 0 saturated carbocycles. The maximum Gasteiger partial charge on any atom is 0.211 e. The molecule has 5 nitrogen and oxygen atoms in total. The van der Waals surface area contributed by atoms with Crippen molar-refractivity contribution in [3.63, 3.8) is 0 Å². The highest BCUT2D eigenvalue weighted by atomic mass is 32.2. The Balaban J connectivity index is 1.89. The summed E-state index contributed by atoms with van der Waals surface area (Å²) in [5.41, 5.74) is 0. The molecular weight excluding hydrogens is 390 g/mol. The lowest BCUT2D eigenvalue weighted by atomic mass is 10.0. The SMILES string of the molecule is CCCCCCCCCCCCCCCCS(=O)(=O)NCC(S)c1ncc[nH]1. The molecule has 0 aliphatic heterocycles.